The molecule has 0 bridgehead atoms. The minimum absolute atomic E-state index is 0.428. The molecule has 2 heteroatoms. The summed E-state index contributed by atoms with van der Waals surface area (Å²) in [6.45, 7) is 4.45. The van der Waals surface area contributed by atoms with Crippen molar-refractivity contribution in [3.63, 3.8) is 0 Å². The van der Waals surface area contributed by atoms with E-state index in [1.54, 1.807) is 0 Å². The Bertz CT molecular complexity index is 1550. The fourth-order valence-corrected chi connectivity index (χ4v) is 6.72. The summed E-state index contributed by atoms with van der Waals surface area (Å²) in [4.78, 5) is 0. The van der Waals surface area contributed by atoms with Crippen LogP contribution in [0.4, 0.5) is 0 Å². The maximum absolute atomic E-state index is 3.77. The third-order valence-electron chi connectivity index (χ3n) is 7.35. The van der Waals surface area contributed by atoms with Gasteiger partial charge in [0.25, 0.3) is 0 Å². The molecule has 0 heterocycles. The van der Waals surface area contributed by atoms with Crippen molar-refractivity contribution in [1.29, 1.82) is 0 Å². The Morgan fingerprint density at radius 3 is 1.63 bits per heavy atom. The van der Waals surface area contributed by atoms with E-state index in [1.807, 2.05) is 0 Å². The van der Waals surface area contributed by atoms with Gasteiger partial charge in [0.05, 0.1) is 5.41 Å². The fourth-order valence-electron chi connectivity index (χ4n) is 5.92. The molecule has 0 spiro atoms. The summed E-state index contributed by atoms with van der Waals surface area (Å²) >= 11 is 7.53. The lowest BCUT2D eigenvalue weighted by atomic mass is 9.67. The maximum atomic E-state index is 3.77. The number of hydrogen-bond donors (Lipinski definition) is 0. The van der Waals surface area contributed by atoms with Gasteiger partial charge in [0, 0.05) is 8.95 Å². The topological polar surface area (TPSA) is 0 Å². The number of halogens is 2. The van der Waals surface area contributed by atoms with Crippen LogP contribution in [0.25, 0.3) is 22.3 Å². The van der Waals surface area contributed by atoms with Gasteiger partial charge < -0.3 is 0 Å². The molecule has 6 rings (SSSR count). The number of hydrogen-bond acceptors (Lipinski definition) is 0. The van der Waals surface area contributed by atoms with Gasteiger partial charge in [-0.15, -0.1) is 0 Å². The standard InChI is InChI=1S/C33H24Br2/c1-21-9-3-4-15-27(21)28-16-8-18-30-32(28)31-22(2)10-5-17-29(31)33(30,23-11-6-13-25(34)19-23)24-12-7-14-26(35)20-24/h3-20H,1-2H3. The average Bonchev–Trinajstić information content (AvgIpc) is 3.17. The third-order valence-corrected chi connectivity index (χ3v) is 8.33. The van der Waals surface area contributed by atoms with Crippen LogP contribution < -0.4 is 0 Å². The van der Waals surface area contributed by atoms with E-state index >= 15 is 0 Å². The minimum Gasteiger partial charge on any atom is -0.0620 e. The van der Waals surface area contributed by atoms with Crippen LogP contribution in [-0.2, 0) is 5.41 Å². The molecule has 35 heavy (non-hydrogen) atoms. The minimum atomic E-state index is -0.428. The lowest BCUT2D eigenvalue weighted by molar-refractivity contribution is 0.766. The van der Waals surface area contributed by atoms with E-state index in [2.05, 4.69) is 155 Å². The molecule has 0 nitrogen and oxygen atoms in total. The van der Waals surface area contributed by atoms with Crippen LogP contribution in [0.2, 0.25) is 0 Å². The van der Waals surface area contributed by atoms with Crippen molar-refractivity contribution in [2.24, 2.45) is 0 Å². The second-order valence-corrected chi connectivity index (χ2v) is 11.1. The molecule has 0 saturated heterocycles. The average molecular weight is 580 g/mol. The predicted octanol–water partition coefficient (Wildman–Crippen LogP) is 9.86. The van der Waals surface area contributed by atoms with Crippen molar-refractivity contribution in [3.8, 4) is 22.3 Å². The molecule has 0 fully saturated rings. The molecule has 0 saturated carbocycles. The summed E-state index contributed by atoms with van der Waals surface area (Å²) in [7, 11) is 0. The van der Waals surface area contributed by atoms with E-state index in [4.69, 9.17) is 0 Å². The van der Waals surface area contributed by atoms with Gasteiger partial charge in [-0.05, 0) is 93.7 Å². The van der Waals surface area contributed by atoms with Crippen LogP contribution in [0.3, 0.4) is 0 Å². The molecular formula is C33H24Br2. The molecule has 5 aromatic rings. The summed E-state index contributed by atoms with van der Waals surface area (Å²) in [6, 6.07) is 40.0. The lowest BCUT2D eigenvalue weighted by Crippen LogP contribution is -2.28. The van der Waals surface area contributed by atoms with E-state index in [1.165, 1.54) is 55.6 Å². The molecule has 0 radical (unpaired) electrons. The first-order valence-corrected chi connectivity index (χ1v) is 13.4. The Morgan fingerprint density at radius 1 is 0.486 bits per heavy atom. The smallest absolute Gasteiger partial charge is 0.0620 e. The zero-order chi connectivity index (χ0) is 24.2. The molecule has 0 N–H and O–H groups in total. The van der Waals surface area contributed by atoms with Crippen LogP contribution in [0.5, 0.6) is 0 Å². The highest BCUT2D eigenvalue weighted by Gasteiger charge is 2.47. The summed E-state index contributed by atoms with van der Waals surface area (Å²) in [5.41, 5.74) is 12.6. The second kappa shape index (κ2) is 8.62. The molecule has 0 atom stereocenters. The number of aryl methyl sites for hydroxylation is 2. The van der Waals surface area contributed by atoms with Crippen molar-refractivity contribution in [1.82, 2.24) is 0 Å². The molecule has 5 aromatic carbocycles. The van der Waals surface area contributed by atoms with Gasteiger partial charge in [-0.25, -0.2) is 0 Å². The van der Waals surface area contributed by atoms with Crippen molar-refractivity contribution < 1.29 is 0 Å². The Morgan fingerprint density at radius 2 is 1.00 bits per heavy atom. The van der Waals surface area contributed by atoms with Gasteiger partial charge in [0.15, 0.2) is 0 Å². The normalized spacial score (nSPS) is 13.4. The summed E-state index contributed by atoms with van der Waals surface area (Å²) in [6.07, 6.45) is 0. The monoisotopic (exact) mass is 578 g/mol. The Kier molecular flexibility index (Phi) is 5.55. The van der Waals surface area contributed by atoms with E-state index in [-0.39, 0.29) is 0 Å². The van der Waals surface area contributed by atoms with Crippen LogP contribution >= 0.6 is 31.9 Å². The number of fused-ring (bicyclic) bond motifs is 3. The largest absolute Gasteiger partial charge is 0.0714 e. The first kappa shape index (κ1) is 22.5. The summed E-state index contributed by atoms with van der Waals surface area (Å²) in [5.74, 6) is 0. The highest BCUT2D eigenvalue weighted by Crippen LogP contribution is 2.59. The van der Waals surface area contributed by atoms with Gasteiger partial charge in [-0.3, -0.25) is 0 Å². The van der Waals surface area contributed by atoms with Gasteiger partial charge in [0.2, 0.25) is 0 Å². The van der Waals surface area contributed by atoms with Gasteiger partial charge >= 0.3 is 0 Å². The van der Waals surface area contributed by atoms with Crippen LogP contribution in [0.1, 0.15) is 33.4 Å². The predicted molar refractivity (Wildman–Crippen MR) is 154 cm³/mol. The zero-order valence-electron chi connectivity index (χ0n) is 19.6. The number of benzene rings is 5. The van der Waals surface area contributed by atoms with Crippen LogP contribution in [0, 0.1) is 13.8 Å². The van der Waals surface area contributed by atoms with Crippen molar-refractivity contribution in [3.05, 3.63) is 152 Å². The maximum Gasteiger partial charge on any atom is 0.0714 e. The number of rotatable bonds is 3. The van der Waals surface area contributed by atoms with Gasteiger partial charge in [-0.2, -0.15) is 0 Å². The first-order valence-electron chi connectivity index (χ1n) is 11.8. The third kappa shape index (κ3) is 3.38. The lowest BCUT2D eigenvalue weighted by Gasteiger charge is -2.34. The van der Waals surface area contributed by atoms with E-state index < -0.39 is 5.41 Å². The Hall–Kier alpha value is -2.94. The molecule has 1 aliphatic carbocycles. The van der Waals surface area contributed by atoms with Gasteiger partial charge in [-0.1, -0.05) is 117 Å². The molecule has 170 valence electrons. The molecule has 0 amide bonds. The Balaban J connectivity index is 1.83. The van der Waals surface area contributed by atoms with Crippen LogP contribution in [-0.4, -0.2) is 0 Å². The van der Waals surface area contributed by atoms with E-state index in [9.17, 15) is 0 Å². The molecular weight excluding hydrogens is 556 g/mol. The zero-order valence-corrected chi connectivity index (χ0v) is 22.8. The molecule has 1 aliphatic rings. The quantitative estimate of drug-likeness (QED) is 0.196. The van der Waals surface area contributed by atoms with E-state index in [0.29, 0.717) is 0 Å². The highest BCUT2D eigenvalue weighted by molar-refractivity contribution is 9.10. The first-order chi connectivity index (χ1) is 17.0. The van der Waals surface area contributed by atoms with Crippen molar-refractivity contribution in [2.75, 3.05) is 0 Å². The Labute approximate surface area is 223 Å². The molecule has 0 unspecified atom stereocenters. The second-order valence-electron chi connectivity index (χ2n) is 9.31. The molecule has 0 aliphatic heterocycles. The SMILES string of the molecule is Cc1ccccc1-c1cccc2c1-c1c(C)cccc1C2(c1cccc(Br)c1)c1cccc(Br)c1. The van der Waals surface area contributed by atoms with E-state index in [0.717, 1.165) is 8.95 Å². The summed E-state index contributed by atoms with van der Waals surface area (Å²) in [5, 5.41) is 0. The van der Waals surface area contributed by atoms with Gasteiger partial charge in [0.1, 0.15) is 0 Å². The fraction of sp³-hybridized carbons (Fsp3) is 0.0909. The highest BCUT2D eigenvalue weighted by atomic mass is 79.9. The van der Waals surface area contributed by atoms with Crippen LogP contribution in [0.15, 0.2) is 118 Å². The van der Waals surface area contributed by atoms with Crippen molar-refractivity contribution >= 4 is 31.9 Å². The van der Waals surface area contributed by atoms with Crippen molar-refractivity contribution in [2.45, 2.75) is 19.3 Å². The molecule has 0 aromatic heterocycles. The summed E-state index contributed by atoms with van der Waals surface area (Å²) < 4.78 is 2.17.